The van der Waals surface area contributed by atoms with Crippen molar-refractivity contribution in [3.8, 4) is 0 Å². The molecule has 0 spiro atoms. The first-order valence-corrected chi connectivity index (χ1v) is 6.37. The number of likely N-dealkylation sites (tertiary alicyclic amines) is 1. The van der Waals surface area contributed by atoms with Crippen molar-refractivity contribution < 1.29 is 9.90 Å². The van der Waals surface area contributed by atoms with Gasteiger partial charge in [0.2, 0.25) is 0 Å². The second-order valence-electron chi connectivity index (χ2n) is 5.19. The molecule has 1 saturated carbocycles. The first-order valence-electron chi connectivity index (χ1n) is 6.37. The standard InChI is InChI=1S/C12H22N2O2/c1-9(15)11-4-6-14(7-5-11)12(16)13-8-10-2-3-10/h9-11,15H,2-8H2,1H3,(H,13,16). The van der Waals surface area contributed by atoms with E-state index in [1.807, 2.05) is 11.8 Å². The Kier molecular flexibility index (Phi) is 3.69. The van der Waals surface area contributed by atoms with Gasteiger partial charge in [0.05, 0.1) is 6.10 Å². The van der Waals surface area contributed by atoms with Crippen molar-refractivity contribution in [2.75, 3.05) is 19.6 Å². The lowest BCUT2D eigenvalue weighted by Crippen LogP contribution is -2.46. The molecule has 4 heteroatoms. The molecule has 92 valence electrons. The van der Waals surface area contributed by atoms with Gasteiger partial charge in [-0.3, -0.25) is 0 Å². The molecular weight excluding hydrogens is 204 g/mol. The Bertz CT molecular complexity index is 243. The average molecular weight is 226 g/mol. The molecule has 2 rings (SSSR count). The normalized spacial score (nSPS) is 24.2. The van der Waals surface area contributed by atoms with Crippen molar-refractivity contribution in [2.45, 2.75) is 38.7 Å². The quantitative estimate of drug-likeness (QED) is 0.759. The molecule has 1 heterocycles. The third kappa shape index (κ3) is 3.11. The lowest BCUT2D eigenvalue weighted by Gasteiger charge is -2.33. The number of urea groups is 1. The molecule has 0 aromatic carbocycles. The van der Waals surface area contributed by atoms with Gasteiger partial charge in [-0.25, -0.2) is 4.79 Å². The summed E-state index contributed by atoms with van der Waals surface area (Å²) in [5, 5.41) is 12.5. The van der Waals surface area contributed by atoms with E-state index in [0.29, 0.717) is 5.92 Å². The van der Waals surface area contributed by atoms with Crippen molar-refractivity contribution in [1.82, 2.24) is 10.2 Å². The van der Waals surface area contributed by atoms with Crippen LogP contribution in [0.4, 0.5) is 4.79 Å². The van der Waals surface area contributed by atoms with E-state index in [0.717, 1.165) is 38.4 Å². The third-order valence-corrected chi connectivity index (χ3v) is 3.75. The van der Waals surface area contributed by atoms with E-state index in [1.165, 1.54) is 12.8 Å². The summed E-state index contributed by atoms with van der Waals surface area (Å²) in [6.45, 7) is 4.25. The van der Waals surface area contributed by atoms with Gasteiger partial charge in [0.25, 0.3) is 0 Å². The number of amides is 2. The van der Waals surface area contributed by atoms with Crippen LogP contribution in [0.25, 0.3) is 0 Å². The van der Waals surface area contributed by atoms with Crippen molar-refractivity contribution in [3.05, 3.63) is 0 Å². The van der Waals surface area contributed by atoms with Crippen LogP contribution in [0.5, 0.6) is 0 Å². The summed E-state index contributed by atoms with van der Waals surface area (Å²) >= 11 is 0. The molecule has 1 aliphatic heterocycles. The van der Waals surface area contributed by atoms with Gasteiger partial charge in [-0.1, -0.05) is 0 Å². The Labute approximate surface area is 97.0 Å². The number of nitrogens with zero attached hydrogens (tertiary/aromatic N) is 1. The van der Waals surface area contributed by atoms with Gasteiger partial charge < -0.3 is 15.3 Å². The Morgan fingerprint density at radius 1 is 1.38 bits per heavy atom. The van der Waals surface area contributed by atoms with Gasteiger partial charge in [-0.05, 0) is 44.4 Å². The molecule has 1 unspecified atom stereocenters. The molecule has 1 atom stereocenters. The average Bonchev–Trinajstić information content (AvgIpc) is 3.10. The zero-order chi connectivity index (χ0) is 11.5. The molecule has 2 amide bonds. The largest absolute Gasteiger partial charge is 0.393 e. The predicted octanol–water partition coefficient (Wildman–Crippen LogP) is 1.20. The van der Waals surface area contributed by atoms with Gasteiger partial charge in [0.1, 0.15) is 0 Å². The van der Waals surface area contributed by atoms with Crippen LogP contribution in [-0.4, -0.2) is 41.8 Å². The number of carbonyl (C=O) groups excluding carboxylic acids is 1. The summed E-state index contributed by atoms with van der Waals surface area (Å²) < 4.78 is 0. The smallest absolute Gasteiger partial charge is 0.317 e. The maximum absolute atomic E-state index is 11.8. The highest BCUT2D eigenvalue weighted by Gasteiger charge is 2.27. The van der Waals surface area contributed by atoms with E-state index < -0.39 is 0 Å². The van der Waals surface area contributed by atoms with Gasteiger partial charge in [-0.2, -0.15) is 0 Å². The minimum Gasteiger partial charge on any atom is -0.393 e. The molecule has 2 fully saturated rings. The fourth-order valence-corrected chi connectivity index (χ4v) is 2.25. The Morgan fingerprint density at radius 2 is 2.00 bits per heavy atom. The van der Waals surface area contributed by atoms with Crippen LogP contribution in [0, 0.1) is 11.8 Å². The molecule has 4 nitrogen and oxygen atoms in total. The minimum atomic E-state index is -0.239. The van der Waals surface area contributed by atoms with E-state index in [9.17, 15) is 9.90 Å². The summed E-state index contributed by atoms with van der Waals surface area (Å²) in [6, 6.07) is 0.0796. The second kappa shape index (κ2) is 5.04. The highest BCUT2D eigenvalue weighted by atomic mass is 16.3. The van der Waals surface area contributed by atoms with Crippen LogP contribution >= 0.6 is 0 Å². The first-order chi connectivity index (χ1) is 7.66. The molecule has 1 saturated heterocycles. The monoisotopic (exact) mass is 226 g/mol. The second-order valence-corrected chi connectivity index (χ2v) is 5.19. The van der Waals surface area contributed by atoms with Crippen molar-refractivity contribution in [2.24, 2.45) is 11.8 Å². The number of piperidine rings is 1. The van der Waals surface area contributed by atoms with Crippen molar-refractivity contribution >= 4 is 6.03 Å². The van der Waals surface area contributed by atoms with Gasteiger partial charge >= 0.3 is 6.03 Å². The van der Waals surface area contributed by atoms with Gasteiger partial charge in [0.15, 0.2) is 0 Å². The van der Waals surface area contributed by atoms with Gasteiger partial charge in [0, 0.05) is 19.6 Å². The molecular formula is C12H22N2O2. The zero-order valence-electron chi connectivity index (χ0n) is 9.98. The summed E-state index contributed by atoms with van der Waals surface area (Å²) in [5.41, 5.74) is 0. The molecule has 0 radical (unpaired) electrons. The van der Waals surface area contributed by atoms with Crippen LogP contribution in [0.1, 0.15) is 32.6 Å². The molecule has 2 aliphatic rings. The van der Waals surface area contributed by atoms with E-state index >= 15 is 0 Å². The van der Waals surface area contributed by atoms with Crippen molar-refractivity contribution in [1.29, 1.82) is 0 Å². The van der Waals surface area contributed by atoms with E-state index in [-0.39, 0.29) is 12.1 Å². The number of aliphatic hydroxyl groups is 1. The maximum atomic E-state index is 11.8. The highest BCUT2D eigenvalue weighted by Crippen LogP contribution is 2.27. The Hall–Kier alpha value is -0.770. The van der Waals surface area contributed by atoms with E-state index in [2.05, 4.69) is 5.32 Å². The zero-order valence-corrected chi connectivity index (χ0v) is 9.98. The van der Waals surface area contributed by atoms with Crippen LogP contribution in [-0.2, 0) is 0 Å². The fourth-order valence-electron chi connectivity index (χ4n) is 2.25. The number of rotatable bonds is 3. The van der Waals surface area contributed by atoms with Crippen LogP contribution in [0.2, 0.25) is 0 Å². The molecule has 0 aromatic rings. The van der Waals surface area contributed by atoms with Crippen LogP contribution in [0.3, 0.4) is 0 Å². The van der Waals surface area contributed by atoms with Crippen LogP contribution in [0.15, 0.2) is 0 Å². The summed E-state index contributed by atoms with van der Waals surface area (Å²) in [7, 11) is 0. The first kappa shape index (κ1) is 11.7. The topological polar surface area (TPSA) is 52.6 Å². The number of aliphatic hydroxyl groups excluding tert-OH is 1. The summed E-state index contributed by atoms with van der Waals surface area (Å²) in [4.78, 5) is 13.6. The lowest BCUT2D eigenvalue weighted by molar-refractivity contribution is 0.0798. The van der Waals surface area contributed by atoms with Crippen LogP contribution < -0.4 is 5.32 Å². The highest BCUT2D eigenvalue weighted by molar-refractivity contribution is 5.74. The summed E-state index contributed by atoms with van der Waals surface area (Å²) in [6.07, 6.45) is 4.15. The number of hydrogen-bond donors (Lipinski definition) is 2. The maximum Gasteiger partial charge on any atom is 0.317 e. The predicted molar refractivity (Wildman–Crippen MR) is 62.1 cm³/mol. The van der Waals surface area contributed by atoms with Gasteiger partial charge in [-0.15, -0.1) is 0 Å². The Morgan fingerprint density at radius 3 is 2.50 bits per heavy atom. The fraction of sp³-hybridized carbons (Fsp3) is 0.917. The summed E-state index contributed by atoms with van der Waals surface area (Å²) in [5.74, 6) is 1.10. The van der Waals surface area contributed by atoms with E-state index in [1.54, 1.807) is 0 Å². The molecule has 0 aromatic heterocycles. The molecule has 0 bridgehead atoms. The van der Waals surface area contributed by atoms with E-state index in [4.69, 9.17) is 0 Å². The SMILES string of the molecule is CC(O)C1CCN(C(=O)NCC2CC2)CC1. The molecule has 2 N–H and O–H groups in total. The number of nitrogens with one attached hydrogen (secondary N) is 1. The minimum absolute atomic E-state index is 0.0796. The van der Waals surface area contributed by atoms with Crippen molar-refractivity contribution in [3.63, 3.8) is 0 Å². The number of hydrogen-bond acceptors (Lipinski definition) is 2. The third-order valence-electron chi connectivity index (χ3n) is 3.75. The lowest BCUT2D eigenvalue weighted by atomic mass is 9.92. The molecule has 16 heavy (non-hydrogen) atoms. The molecule has 1 aliphatic carbocycles. The Balaban J connectivity index is 1.68. The number of carbonyl (C=O) groups is 1.